The summed E-state index contributed by atoms with van der Waals surface area (Å²) in [5, 5.41) is 0.656. The van der Waals surface area contributed by atoms with Gasteiger partial charge in [-0.2, -0.15) is 0 Å². The highest BCUT2D eigenvalue weighted by atomic mass is 16.6. The van der Waals surface area contributed by atoms with Gasteiger partial charge in [-0.1, -0.05) is 0 Å². The molecule has 0 saturated heterocycles. The zero-order valence-electron chi connectivity index (χ0n) is 13.4. The number of furan rings is 1. The van der Waals surface area contributed by atoms with Crippen LogP contribution in [0.5, 0.6) is 11.5 Å². The molecule has 0 amide bonds. The Morgan fingerprint density at radius 2 is 1.68 bits per heavy atom. The van der Waals surface area contributed by atoms with E-state index in [1.165, 1.54) is 7.11 Å². The second kappa shape index (κ2) is 5.98. The molecule has 0 atom stereocenters. The molecule has 1 aromatic heterocycles. The third kappa shape index (κ3) is 2.71. The summed E-state index contributed by atoms with van der Waals surface area (Å²) in [6, 6.07) is 11.5. The summed E-state index contributed by atoms with van der Waals surface area (Å²) in [4.78, 5) is 24.3. The van der Waals surface area contributed by atoms with Crippen molar-refractivity contribution in [2.24, 2.45) is 0 Å². The van der Waals surface area contributed by atoms with E-state index in [1.54, 1.807) is 42.5 Å². The molecule has 0 bridgehead atoms. The summed E-state index contributed by atoms with van der Waals surface area (Å²) in [6.45, 7) is 0.942. The number of ketones is 1. The largest absolute Gasteiger partial charge is 0.486 e. The first kappa shape index (κ1) is 15.3. The van der Waals surface area contributed by atoms with Crippen LogP contribution in [0.3, 0.4) is 0 Å². The Kier molecular flexibility index (Phi) is 3.65. The van der Waals surface area contributed by atoms with Gasteiger partial charge < -0.3 is 18.6 Å². The summed E-state index contributed by atoms with van der Waals surface area (Å²) in [5.41, 5.74) is 1.36. The summed E-state index contributed by atoms with van der Waals surface area (Å²) >= 11 is 0. The van der Waals surface area contributed by atoms with E-state index in [-0.39, 0.29) is 11.5 Å². The van der Waals surface area contributed by atoms with E-state index in [2.05, 4.69) is 0 Å². The van der Waals surface area contributed by atoms with Gasteiger partial charge in [0.2, 0.25) is 5.78 Å². The van der Waals surface area contributed by atoms with E-state index in [9.17, 15) is 9.59 Å². The van der Waals surface area contributed by atoms with Crippen LogP contribution in [0.4, 0.5) is 0 Å². The average molecular weight is 338 g/mol. The van der Waals surface area contributed by atoms with Gasteiger partial charge in [0.25, 0.3) is 0 Å². The molecule has 1 aliphatic heterocycles. The summed E-state index contributed by atoms with van der Waals surface area (Å²) < 4.78 is 21.3. The van der Waals surface area contributed by atoms with Gasteiger partial charge in [-0.25, -0.2) is 4.79 Å². The molecule has 0 fully saturated rings. The molecular formula is C19H14O6. The first-order valence-electron chi connectivity index (χ1n) is 7.72. The fourth-order valence-electron chi connectivity index (χ4n) is 2.73. The highest BCUT2D eigenvalue weighted by molar-refractivity contribution is 6.09. The maximum atomic E-state index is 12.7. The lowest BCUT2D eigenvalue weighted by Gasteiger charge is -2.18. The predicted octanol–water partition coefficient (Wildman–Crippen LogP) is 3.22. The number of hydrogen-bond acceptors (Lipinski definition) is 6. The molecule has 0 aliphatic carbocycles. The van der Waals surface area contributed by atoms with Crippen molar-refractivity contribution in [1.29, 1.82) is 0 Å². The monoisotopic (exact) mass is 338 g/mol. The lowest BCUT2D eigenvalue weighted by molar-refractivity contribution is 0.0601. The zero-order chi connectivity index (χ0) is 17.4. The van der Waals surface area contributed by atoms with Crippen molar-refractivity contribution >= 4 is 22.7 Å². The van der Waals surface area contributed by atoms with Crippen molar-refractivity contribution in [3.05, 3.63) is 59.4 Å². The van der Waals surface area contributed by atoms with Gasteiger partial charge in [0.15, 0.2) is 17.3 Å². The molecule has 6 nitrogen and oxygen atoms in total. The fourth-order valence-corrected chi connectivity index (χ4v) is 2.73. The first-order valence-corrected chi connectivity index (χ1v) is 7.72. The number of rotatable bonds is 3. The first-order chi connectivity index (χ1) is 12.2. The number of carbonyl (C=O) groups excluding carboxylic acids is 2. The second-order valence-corrected chi connectivity index (χ2v) is 5.54. The van der Waals surface area contributed by atoms with Crippen LogP contribution >= 0.6 is 0 Å². The Morgan fingerprint density at radius 1 is 0.920 bits per heavy atom. The van der Waals surface area contributed by atoms with Crippen LogP contribution in [0.2, 0.25) is 0 Å². The van der Waals surface area contributed by atoms with E-state index in [1.807, 2.05) is 0 Å². The predicted molar refractivity (Wildman–Crippen MR) is 88.4 cm³/mol. The van der Waals surface area contributed by atoms with E-state index < -0.39 is 5.97 Å². The van der Waals surface area contributed by atoms with E-state index in [0.29, 0.717) is 46.8 Å². The van der Waals surface area contributed by atoms with Crippen molar-refractivity contribution in [1.82, 2.24) is 0 Å². The molecule has 0 N–H and O–H groups in total. The van der Waals surface area contributed by atoms with Crippen molar-refractivity contribution in [2.45, 2.75) is 0 Å². The number of ether oxygens (including phenoxy) is 3. The van der Waals surface area contributed by atoms with Crippen molar-refractivity contribution in [2.75, 3.05) is 20.3 Å². The number of esters is 1. The van der Waals surface area contributed by atoms with Crippen molar-refractivity contribution in [3.8, 4) is 11.5 Å². The quantitative estimate of drug-likeness (QED) is 0.539. The van der Waals surface area contributed by atoms with Gasteiger partial charge in [0, 0.05) is 10.9 Å². The number of benzene rings is 2. The minimum atomic E-state index is -0.442. The van der Waals surface area contributed by atoms with Crippen LogP contribution in [0.25, 0.3) is 11.0 Å². The summed E-state index contributed by atoms with van der Waals surface area (Å²) in [7, 11) is 1.32. The standard InChI is InChI=1S/C19H14O6/c1-22-19(21)12-3-4-14-13(8-12)10-17(25-14)18(20)11-2-5-15-16(9-11)24-7-6-23-15/h2-5,8-10H,6-7H2,1H3. The number of methoxy groups -OCH3 is 1. The Bertz CT molecular complexity index is 985. The lowest BCUT2D eigenvalue weighted by atomic mass is 10.1. The molecule has 25 heavy (non-hydrogen) atoms. The number of carbonyl (C=O) groups is 2. The van der Waals surface area contributed by atoms with Crippen LogP contribution in [-0.4, -0.2) is 32.1 Å². The minimum Gasteiger partial charge on any atom is -0.486 e. The Balaban J connectivity index is 1.69. The molecule has 3 aromatic rings. The maximum absolute atomic E-state index is 12.7. The van der Waals surface area contributed by atoms with Gasteiger partial charge in [-0.05, 0) is 42.5 Å². The highest BCUT2D eigenvalue weighted by Gasteiger charge is 2.19. The van der Waals surface area contributed by atoms with Crippen LogP contribution in [0, 0.1) is 0 Å². The van der Waals surface area contributed by atoms with E-state index in [4.69, 9.17) is 18.6 Å². The van der Waals surface area contributed by atoms with Gasteiger partial charge >= 0.3 is 5.97 Å². The van der Waals surface area contributed by atoms with Crippen molar-refractivity contribution < 1.29 is 28.2 Å². The summed E-state index contributed by atoms with van der Waals surface area (Å²) in [5.74, 6) is 0.639. The Hall–Kier alpha value is -3.28. The smallest absolute Gasteiger partial charge is 0.337 e. The molecule has 2 aromatic carbocycles. The van der Waals surface area contributed by atoms with Gasteiger partial charge in [0.1, 0.15) is 18.8 Å². The SMILES string of the molecule is COC(=O)c1ccc2oc(C(=O)c3ccc4c(c3)OCCO4)cc2c1. The van der Waals surface area contributed by atoms with E-state index in [0.717, 1.165) is 0 Å². The third-order valence-corrected chi connectivity index (χ3v) is 3.97. The van der Waals surface area contributed by atoms with Crippen LogP contribution in [0.1, 0.15) is 26.5 Å². The van der Waals surface area contributed by atoms with Crippen LogP contribution < -0.4 is 9.47 Å². The molecule has 0 unspecified atom stereocenters. The Labute approximate surface area is 142 Å². The zero-order valence-corrected chi connectivity index (χ0v) is 13.4. The molecule has 6 heteroatoms. The molecule has 1 aliphatic rings. The number of fused-ring (bicyclic) bond motifs is 2. The van der Waals surface area contributed by atoms with Crippen molar-refractivity contribution in [3.63, 3.8) is 0 Å². The highest BCUT2D eigenvalue weighted by Crippen LogP contribution is 2.32. The van der Waals surface area contributed by atoms with Gasteiger partial charge in [-0.3, -0.25) is 4.79 Å². The van der Waals surface area contributed by atoms with Crippen LogP contribution in [0.15, 0.2) is 46.9 Å². The minimum absolute atomic E-state index is 0.189. The molecule has 0 spiro atoms. The Morgan fingerprint density at radius 3 is 2.48 bits per heavy atom. The van der Waals surface area contributed by atoms with E-state index >= 15 is 0 Å². The topological polar surface area (TPSA) is 75.0 Å². The average Bonchev–Trinajstić information content (AvgIpc) is 3.09. The third-order valence-electron chi connectivity index (χ3n) is 3.97. The maximum Gasteiger partial charge on any atom is 0.337 e. The molecule has 126 valence electrons. The number of hydrogen-bond donors (Lipinski definition) is 0. The normalized spacial score (nSPS) is 12.8. The van der Waals surface area contributed by atoms with Crippen LogP contribution in [-0.2, 0) is 4.74 Å². The van der Waals surface area contributed by atoms with Gasteiger partial charge in [0.05, 0.1) is 12.7 Å². The fraction of sp³-hybridized carbons (Fsp3) is 0.158. The van der Waals surface area contributed by atoms with Gasteiger partial charge in [-0.15, -0.1) is 0 Å². The summed E-state index contributed by atoms with van der Waals surface area (Å²) in [6.07, 6.45) is 0. The molecule has 0 radical (unpaired) electrons. The molecular weight excluding hydrogens is 324 g/mol. The molecule has 2 heterocycles. The molecule has 4 rings (SSSR count). The second-order valence-electron chi connectivity index (χ2n) is 5.54. The lowest BCUT2D eigenvalue weighted by Crippen LogP contribution is -2.15. The molecule has 0 saturated carbocycles.